The lowest BCUT2D eigenvalue weighted by Gasteiger charge is -2.20. The zero-order valence-electron chi connectivity index (χ0n) is 16.0. The predicted octanol–water partition coefficient (Wildman–Crippen LogP) is 4.01. The van der Waals surface area contributed by atoms with Crippen molar-refractivity contribution in [2.45, 2.75) is 32.9 Å². The maximum absolute atomic E-state index is 11.3. The summed E-state index contributed by atoms with van der Waals surface area (Å²) in [6.07, 6.45) is 2.98. The molecule has 5 heteroatoms. The standard InChI is InChI=1S/C22H25N3O2/c1-4-17-10-12-18(13-11-17)21-19(14-24(3)16(2)22(26)27)15-25(23-21)20-8-6-5-7-9-20/h5-13,15-16H,4,14H2,1-3H3,(H,26,27). The Morgan fingerprint density at radius 2 is 1.81 bits per heavy atom. The fourth-order valence-corrected chi connectivity index (χ4v) is 2.97. The lowest BCUT2D eigenvalue weighted by atomic mass is 10.0. The second kappa shape index (κ2) is 8.18. The number of carbonyl (C=O) groups is 1. The third-order valence-corrected chi connectivity index (χ3v) is 4.88. The Kier molecular flexibility index (Phi) is 5.72. The number of para-hydroxylation sites is 1. The molecule has 0 fully saturated rings. The highest BCUT2D eigenvalue weighted by Gasteiger charge is 2.20. The molecule has 5 nitrogen and oxygen atoms in total. The lowest BCUT2D eigenvalue weighted by molar-refractivity contribution is -0.142. The number of nitrogens with zero attached hydrogens (tertiary/aromatic N) is 3. The fraction of sp³-hybridized carbons (Fsp3) is 0.273. The van der Waals surface area contributed by atoms with Gasteiger partial charge in [-0.15, -0.1) is 0 Å². The summed E-state index contributed by atoms with van der Waals surface area (Å²) in [5.74, 6) is -0.832. The van der Waals surface area contributed by atoms with Crippen molar-refractivity contribution in [1.82, 2.24) is 14.7 Å². The van der Waals surface area contributed by atoms with Crippen LogP contribution in [0.3, 0.4) is 0 Å². The lowest BCUT2D eigenvalue weighted by Crippen LogP contribution is -2.35. The van der Waals surface area contributed by atoms with Crippen LogP contribution in [-0.4, -0.2) is 38.8 Å². The first-order valence-electron chi connectivity index (χ1n) is 9.16. The first-order chi connectivity index (χ1) is 13.0. The summed E-state index contributed by atoms with van der Waals surface area (Å²) >= 11 is 0. The van der Waals surface area contributed by atoms with Gasteiger partial charge in [0.25, 0.3) is 0 Å². The quantitative estimate of drug-likeness (QED) is 0.689. The van der Waals surface area contributed by atoms with Crippen molar-refractivity contribution in [2.24, 2.45) is 0 Å². The van der Waals surface area contributed by atoms with Crippen LogP contribution in [0.5, 0.6) is 0 Å². The molecule has 2 aromatic carbocycles. The highest BCUT2D eigenvalue weighted by Crippen LogP contribution is 2.26. The molecule has 0 spiro atoms. The van der Waals surface area contributed by atoms with Crippen LogP contribution in [0.4, 0.5) is 0 Å². The Hall–Kier alpha value is -2.92. The van der Waals surface area contributed by atoms with E-state index in [0.29, 0.717) is 6.54 Å². The molecule has 1 heterocycles. The molecule has 140 valence electrons. The molecule has 0 aliphatic carbocycles. The van der Waals surface area contributed by atoms with Crippen molar-refractivity contribution in [1.29, 1.82) is 0 Å². The van der Waals surface area contributed by atoms with E-state index in [0.717, 1.165) is 28.9 Å². The molecule has 0 saturated carbocycles. The molecule has 3 aromatic rings. The molecule has 0 radical (unpaired) electrons. The maximum Gasteiger partial charge on any atom is 0.320 e. The van der Waals surface area contributed by atoms with Crippen molar-refractivity contribution in [3.63, 3.8) is 0 Å². The minimum Gasteiger partial charge on any atom is -0.480 e. The van der Waals surface area contributed by atoms with Crippen LogP contribution in [-0.2, 0) is 17.8 Å². The monoisotopic (exact) mass is 363 g/mol. The molecule has 0 amide bonds. The number of benzene rings is 2. The summed E-state index contributed by atoms with van der Waals surface area (Å²) in [7, 11) is 1.82. The minimum atomic E-state index is -0.832. The molecule has 0 saturated heterocycles. The zero-order chi connectivity index (χ0) is 19.4. The molecule has 0 bridgehead atoms. The maximum atomic E-state index is 11.3. The molecule has 1 N–H and O–H groups in total. The van der Waals surface area contributed by atoms with Crippen molar-refractivity contribution < 1.29 is 9.90 Å². The molecular weight excluding hydrogens is 338 g/mol. The molecule has 3 rings (SSSR count). The van der Waals surface area contributed by atoms with Gasteiger partial charge in [0.2, 0.25) is 0 Å². The van der Waals surface area contributed by atoms with Crippen LogP contribution >= 0.6 is 0 Å². The van der Waals surface area contributed by atoms with Crippen LogP contribution in [0.25, 0.3) is 16.9 Å². The van der Waals surface area contributed by atoms with Gasteiger partial charge in [-0.05, 0) is 38.1 Å². The largest absolute Gasteiger partial charge is 0.480 e. The normalized spacial score (nSPS) is 12.3. The zero-order valence-corrected chi connectivity index (χ0v) is 16.0. The van der Waals surface area contributed by atoms with Gasteiger partial charge in [-0.25, -0.2) is 4.68 Å². The number of likely N-dealkylation sites (N-methyl/N-ethyl adjacent to an activating group) is 1. The summed E-state index contributed by atoms with van der Waals surface area (Å²) in [5.41, 5.74) is 5.17. The third kappa shape index (κ3) is 4.26. The summed E-state index contributed by atoms with van der Waals surface area (Å²) < 4.78 is 1.86. The number of carboxylic acid groups (broad SMARTS) is 1. The highest BCUT2D eigenvalue weighted by atomic mass is 16.4. The van der Waals surface area contributed by atoms with E-state index in [4.69, 9.17) is 5.10 Å². The van der Waals surface area contributed by atoms with Gasteiger partial charge in [-0.1, -0.05) is 49.4 Å². The average molecular weight is 363 g/mol. The number of aromatic nitrogens is 2. The van der Waals surface area contributed by atoms with Gasteiger partial charge in [0.05, 0.1) is 11.4 Å². The molecule has 1 aromatic heterocycles. The summed E-state index contributed by atoms with van der Waals surface area (Å²) in [6.45, 7) is 4.33. The Balaban J connectivity index is 2.01. The molecule has 1 atom stereocenters. The SMILES string of the molecule is CCc1ccc(-c2nn(-c3ccccc3)cc2CN(C)C(C)C(=O)O)cc1. The second-order valence-corrected chi connectivity index (χ2v) is 6.76. The summed E-state index contributed by atoms with van der Waals surface area (Å²) in [5, 5.41) is 14.1. The van der Waals surface area contributed by atoms with Crippen LogP contribution < -0.4 is 0 Å². The Morgan fingerprint density at radius 1 is 1.15 bits per heavy atom. The van der Waals surface area contributed by atoms with E-state index >= 15 is 0 Å². The molecule has 0 aliphatic heterocycles. The van der Waals surface area contributed by atoms with Gasteiger partial charge < -0.3 is 5.11 Å². The Morgan fingerprint density at radius 3 is 2.41 bits per heavy atom. The van der Waals surface area contributed by atoms with Gasteiger partial charge in [0.15, 0.2) is 0 Å². The Labute approximate surface area is 159 Å². The summed E-state index contributed by atoms with van der Waals surface area (Å²) in [6, 6.07) is 17.8. The first-order valence-corrected chi connectivity index (χ1v) is 9.16. The van der Waals surface area contributed by atoms with Gasteiger partial charge >= 0.3 is 5.97 Å². The van der Waals surface area contributed by atoms with Gasteiger partial charge in [-0.3, -0.25) is 9.69 Å². The highest BCUT2D eigenvalue weighted by molar-refractivity contribution is 5.73. The third-order valence-electron chi connectivity index (χ3n) is 4.88. The smallest absolute Gasteiger partial charge is 0.320 e. The molecule has 27 heavy (non-hydrogen) atoms. The number of aryl methyl sites for hydroxylation is 1. The molecule has 0 aliphatic rings. The van der Waals surface area contributed by atoms with Crippen molar-refractivity contribution >= 4 is 5.97 Å². The number of hydrogen-bond acceptors (Lipinski definition) is 3. The van der Waals surface area contributed by atoms with E-state index in [1.165, 1.54) is 5.56 Å². The van der Waals surface area contributed by atoms with Crippen LogP contribution in [0.15, 0.2) is 60.8 Å². The van der Waals surface area contributed by atoms with Crippen LogP contribution in [0, 0.1) is 0 Å². The van der Waals surface area contributed by atoms with Gasteiger partial charge in [-0.2, -0.15) is 5.10 Å². The van der Waals surface area contributed by atoms with Crippen LogP contribution in [0.2, 0.25) is 0 Å². The predicted molar refractivity (Wildman–Crippen MR) is 107 cm³/mol. The summed E-state index contributed by atoms with van der Waals surface area (Å²) in [4.78, 5) is 13.1. The van der Waals surface area contributed by atoms with E-state index in [1.54, 1.807) is 6.92 Å². The van der Waals surface area contributed by atoms with Crippen molar-refractivity contribution in [3.8, 4) is 16.9 Å². The van der Waals surface area contributed by atoms with E-state index < -0.39 is 12.0 Å². The Bertz CT molecular complexity index is 901. The van der Waals surface area contributed by atoms with Gasteiger partial charge in [0.1, 0.15) is 6.04 Å². The van der Waals surface area contributed by atoms with Crippen molar-refractivity contribution in [2.75, 3.05) is 7.05 Å². The molecule has 1 unspecified atom stereocenters. The van der Waals surface area contributed by atoms with E-state index in [1.807, 2.05) is 53.2 Å². The first kappa shape index (κ1) is 18.9. The number of aliphatic carboxylic acids is 1. The van der Waals surface area contributed by atoms with Crippen molar-refractivity contribution in [3.05, 3.63) is 71.9 Å². The van der Waals surface area contributed by atoms with Gasteiger partial charge in [0, 0.05) is 23.9 Å². The number of carboxylic acids is 1. The van der Waals surface area contributed by atoms with E-state index in [-0.39, 0.29) is 0 Å². The number of rotatable bonds is 7. The van der Waals surface area contributed by atoms with E-state index in [2.05, 4.69) is 31.2 Å². The van der Waals surface area contributed by atoms with Crippen LogP contribution in [0.1, 0.15) is 25.0 Å². The van der Waals surface area contributed by atoms with E-state index in [9.17, 15) is 9.90 Å². The fourth-order valence-electron chi connectivity index (χ4n) is 2.97. The number of hydrogen-bond donors (Lipinski definition) is 1. The molecular formula is C22H25N3O2. The topological polar surface area (TPSA) is 58.4 Å². The minimum absolute atomic E-state index is 0.505. The second-order valence-electron chi connectivity index (χ2n) is 6.76. The average Bonchev–Trinajstić information content (AvgIpc) is 3.11.